The highest BCUT2D eigenvalue weighted by Gasteiger charge is 2.06. The molecule has 0 radical (unpaired) electrons. The zero-order chi connectivity index (χ0) is 11.4. The summed E-state index contributed by atoms with van der Waals surface area (Å²) < 4.78 is 2.24. The summed E-state index contributed by atoms with van der Waals surface area (Å²) >= 11 is 0. The van der Waals surface area contributed by atoms with Crippen LogP contribution in [0.1, 0.15) is 24.1 Å². The van der Waals surface area contributed by atoms with E-state index < -0.39 is 0 Å². The van der Waals surface area contributed by atoms with E-state index in [1.165, 1.54) is 11.1 Å². The third-order valence-electron chi connectivity index (χ3n) is 2.94. The average Bonchev–Trinajstić information content (AvgIpc) is 2.78. The standard InChI is InChI=1S/C14H18N2/c1-12(14-5-3-2-4-6-14)16-10-8-13(11-16)7-9-15/h2-6,8,10-12H,7,9,15H2,1H3. The van der Waals surface area contributed by atoms with Gasteiger partial charge in [0.25, 0.3) is 0 Å². The average molecular weight is 214 g/mol. The Bertz CT molecular complexity index is 431. The Morgan fingerprint density at radius 2 is 1.94 bits per heavy atom. The largest absolute Gasteiger partial charge is 0.347 e. The Hall–Kier alpha value is -1.54. The van der Waals surface area contributed by atoms with Gasteiger partial charge in [0.2, 0.25) is 0 Å². The van der Waals surface area contributed by atoms with Crippen LogP contribution in [0.25, 0.3) is 0 Å². The Labute approximate surface area is 96.7 Å². The van der Waals surface area contributed by atoms with Gasteiger partial charge in [-0.2, -0.15) is 0 Å². The fourth-order valence-electron chi connectivity index (χ4n) is 1.92. The number of benzene rings is 1. The molecule has 16 heavy (non-hydrogen) atoms. The van der Waals surface area contributed by atoms with Gasteiger partial charge in [0.05, 0.1) is 6.04 Å². The second-order valence-corrected chi connectivity index (χ2v) is 4.09. The van der Waals surface area contributed by atoms with E-state index in [1.807, 2.05) is 6.07 Å². The van der Waals surface area contributed by atoms with Crippen molar-refractivity contribution in [2.24, 2.45) is 5.73 Å². The maximum atomic E-state index is 5.55. The SMILES string of the molecule is CC(c1ccccc1)n1ccc(CCN)c1. The number of nitrogens with zero attached hydrogens (tertiary/aromatic N) is 1. The molecule has 0 saturated carbocycles. The number of nitrogens with two attached hydrogens (primary N) is 1. The number of hydrogen-bond acceptors (Lipinski definition) is 1. The molecule has 1 atom stereocenters. The van der Waals surface area contributed by atoms with Gasteiger partial charge in [-0.25, -0.2) is 0 Å². The lowest BCUT2D eigenvalue weighted by atomic mass is 10.1. The molecule has 0 bridgehead atoms. The molecule has 0 saturated heterocycles. The molecule has 1 aromatic carbocycles. The molecule has 2 heteroatoms. The third kappa shape index (κ3) is 2.34. The van der Waals surface area contributed by atoms with E-state index in [9.17, 15) is 0 Å². The molecule has 0 aliphatic heterocycles. The van der Waals surface area contributed by atoms with Crippen molar-refractivity contribution in [2.75, 3.05) is 6.54 Å². The molecule has 1 unspecified atom stereocenters. The molecular weight excluding hydrogens is 196 g/mol. The van der Waals surface area contributed by atoms with E-state index in [1.54, 1.807) is 0 Å². The van der Waals surface area contributed by atoms with Gasteiger partial charge >= 0.3 is 0 Å². The van der Waals surface area contributed by atoms with Gasteiger partial charge < -0.3 is 10.3 Å². The minimum atomic E-state index is 0.382. The highest BCUT2D eigenvalue weighted by atomic mass is 15.0. The molecule has 1 aromatic heterocycles. The normalized spacial score (nSPS) is 12.6. The van der Waals surface area contributed by atoms with Crippen LogP contribution in [-0.4, -0.2) is 11.1 Å². The first-order valence-electron chi connectivity index (χ1n) is 5.72. The van der Waals surface area contributed by atoms with Crippen LogP contribution in [0.2, 0.25) is 0 Å². The van der Waals surface area contributed by atoms with Crippen molar-refractivity contribution >= 4 is 0 Å². The maximum absolute atomic E-state index is 5.55. The van der Waals surface area contributed by atoms with Crippen LogP contribution in [0.5, 0.6) is 0 Å². The van der Waals surface area contributed by atoms with Crippen LogP contribution >= 0.6 is 0 Å². The van der Waals surface area contributed by atoms with Crippen molar-refractivity contribution in [3.8, 4) is 0 Å². The second-order valence-electron chi connectivity index (χ2n) is 4.09. The van der Waals surface area contributed by atoms with Gasteiger partial charge in [0, 0.05) is 12.4 Å². The fraction of sp³-hybridized carbons (Fsp3) is 0.286. The van der Waals surface area contributed by atoms with Crippen LogP contribution in [0.4, 0.5) is 0 Å². The Morgan fingerprint density at radius 3 is 2.62 bits per heavy atom. The monoisotopic (exact) mass is 214 g/mol. The molecule has 2 rings (SSSR count). The second kappa shape index (κ2) is 4.99. The molecule has 0 aliphatic rings. The summed E-state index contributed by atoms with van der Waals surface area (Å²) in [4.78, 5) is 0. The lowest BCUT2D eigenvalue weighted by Gasteiger charge is -2.13. The third-order valence-corrected chi connectivity index (χ3v) is 2.94. The molecule has 2 N–H and O–H groups in total. The molecule has 0 fully saturated rings. The first-order chi connectivity index (χ1) is 7.81. The highest BCUT2D eigenvalue weighted by Crippen LogP contribution is 2.18. The molecule has 2 aromatic rings. The van der Waals surface area contributed by atoms with Crippen molar-refractivity contribution in [3.05, 3.63) is 59.9 Å². The molecule has 84 valence electrons. The zero-order valence-corrected chi connectivity index (χ0v) is 9.63. The van der Waals surface area contributed by atoms with Crippen molar-refractivity contribution in [1.29, 1.82) is 0 Å². The van der Waals surface area contributed by atoms with Crippen molar-refractivity contribution in [3.63, 3.8) is 0 Å². The van der Waals surface area contributed by atoms with Gasteiger partial charge in [0.15, 0.2) is 0 Å². The highest BCUT2D eigenvalue weighted by molar-refractivity contribution is 5.21. The van der Waals surface area contributed by atoms with Crippen LogP contribution in [0, 0.1) is 0 Å². The Balaban J connectivity index is 2.17. The van der Waals surface area contributed by atoms with Gasteiger partial charge in [-0.1, -0.05) is 30.3 Å². The van der Waals surface area contributed by atoms with E-state index in [0.717, 1.165) is 6.42 Å². The maximum Gasteiger partial charge on any atom is 0.0551 e. The van der Waals surface area contributed by atoms with E-state index in [-0.39, 0.29) is 0 Å². The summed E-state index contributed by atoms with van der Waals surface area (Å²) in [6.07, 6.45) is 5.27. The van der Waals surface area contributed by atoms with Crippen molar-refractivity contribution in [1.82, 2.24) is 4.57 Å². The molecule has 0 amide bonds. The number of rotatable bonds is 4. The fourth-order valence-corrected chi connectivity index (χ4v) is 1.92. The van der Waals surface area contributed by atoms with Gasteiger partial charge in [-0.05, 0) is 37.1 Å². The van der Waals surface area contributed by atoms with Gasteiger partial charge in [-0.15, -0.1) is 0 Å². The number of hydrogen-bond donors (Lipinski definition) is 1. The van der Waals surface area contributed by atoms with Gasteiger partial charge in [0.1, 0.15) is 0 Å². The van der Waals surface area contributed by atoms with E-state index in [0.29, 0.717) is 12.6 Å². The first kappa shape index (κ1) is 11.0. The Kier molecular flexibility index (Phi) is 3.42. The van der Waals surface area contributed by atoms with Crippen molar-refractivity contribution < 1.29 is 0 Å². The van der Waals surface area contributed by atoms with Crippen molar-refractivity contribution in [2.45, 2.75) is 19.4 Å². The summed E-state index contributed by atoms with van der Waals surface area (Å²) in [7, 11) is 0. The molecular formula is C14H18N2. The summed E-state index contributed by atoms with van der Waals surface area (Å²) in [6.45, 7) is 2.92. The first-order valence-corrected chi connectivity index (χ1v) is 5.72. The predicted molar refractivity (Wildman–Crippen MR) is 67.4 cm³/mol. The minimum absolute atomic E-state index is 0.382. The summed E-state index contributed by atoms with van der Waals surface area (Å²) in [5.41, 5.74) is 8.19. The summed E-state index contributed by atoms with van der Waals surface area (Å²) in [5.74, 6) is 0. The molecule has 2 nitrogen and oxygen atoms in total. The lowest BCUT2D eigenvalue weighted by molar-refractivity contribution is 0.641. The molecule has 0 spiro atoms. The predicted octanol–water partition coefficient (Wildman–Crippen LogP) is 2.60. The quantitative estimate of drug-likeness (QED) is 0.833. The van der Waals surface area contributed by atoms with Crippen LogP contribution in [-0.2, 0) is 6.42 Å². The zero-order valence-electron chi connectivity index (χ0n) is 9.63. The van der Waals surface area contributed by atoms with E-state index in [4.69, 9.17) is 5.73 Å². The smallest absolute Gasteiger partial charge is 0.0551 e. The van der Waals surface area contributed by atoms with E-state index >= 15 is 0 Å². The summed E-state index contributed by atoms with van der Waals surface area (Å²) in [6, 6.07) is 13.1. The van der Waals surface area contributed by atoms with Crippen LogP contribution in [0.3, 0.4) is 0 Å². The lowest BCUT2D eigenvalue weighted by Crippen LogP contribution is -2.05. The number of aromatic nitrogens is 1. The van der Waals surface area contributed by atoms with Crippen LogP contribution in [0.15, 0.2) is 48.8 Å². The topological polar surface area (TPSA) is 30.9 Å². The minimum Gasteiger partial charge on any atom is -0.347 e. The molecule has 0 aliphatic carbocycles. The molecule has 1 heterocycles. The summed E-state index contributed by atoms with van der Waals surface area (Å²) in [5, 5.41) is 0. The van der Waals surface area contributed by atoms with Gasteiger partial charge in [-0.3, -0.25) is 0 Å². The van der Waals surface area contributed by atoms with E-state index in [2.05, 4.69) is 54.2 Å². The Morgan fingerprint density at radius 1 is 1.19 bits per heavy atom. The van der Waals surface area contributed by atoms with Crippen LogP contribution < -0.4 is 5.73 Å².